The standard InChI is InChI=1S/C17H14N2O3/c18-7-6-12-2-1-3-14(8-12)17(20)19-10-13-4-5-15-16(9-13)22-11-21-15/h1-5,8-9H,6,10-11H2,(H,19,20). The Kier molecular flexibility index (Phi) is 3.92. The summed E-state index contributed by atoms with van der Waals surface area (Å²) in [6.07, 6.45) is 0.295. The molecule has 0 saturated carbocycles. The Hall–Kier alpha value is -3.00. The van der Waals surface area contributed by atoms with Gasteiger partial charge in [0.25, 0.3) is 5.91 Å². The quantitative estimate of drug-likeness (QED) is 0.940. The van der Waals surface area contributed by atoms with E-state index < -0.39 is 0 Å². The lowest BCUT2D eigenvalue weighted by Crippen LogP contribution is -2.22. The first-order chi connectivity index (χ1) is 10.8. The van der Waals surface area contributed by atoms with Crippen molar-refractivity contribution in [2.24, 2.45) is 0 Å². The summed E-state index contributed by atoms with van der Waals surface area (Å²) in [5.41, 5.74) is 2.32. The molecule has 1 heterocycles. The number of ether oxygens (including phenoxy) is 2. The molecule has 1 aliphatic rings. The molecule has 2 aromatic carbocycles. The van der Waals surface area contributed by atoms with Crippen LogP contribution >= 0.6 is 0 Å². The second-order valence-corrected chi connectivity index (χ2v) is 4.91. The fraction of sp³-hybridized carbons (Fsp3) is 0.176. The molecule has 0 saturated heterocycles. The highest BCUT2D eigenvalue weighted by molar-refractivity contribution is 5.94. The number of amides is 1. The third kappa shape index (κ3) is 3.01. The Morgan fingerprint density at radius 3 is 2.86 bits per heavy atom. The topological polar surface area (TPSA) is 71.4 Å². The molecular formula is C17H14N2O3. The van der Waals surface area contributed by atoms with E-state index in [9.17, 15) is 4.79 Å². The Morgan fingerprint density at radius 1 is 1.14 bits per heavy atom. The number of hydrogen-bond acceptors (Lipinski definition) is 4. The molecule has 1 amide bonds. The van der Waals surface area contributed by atoms with Crippen LogP contribution in [0.5, 0.6) is 11.5 Å². The number of nitrogens with zero attached hydrogens (tertiary/aromatic N) is 1. The van der Waals surface area contributed by atoms with Crippen LogP contribution < -0.4 is 14.8 Å². The molecule has 0 atom stereocenters. The largest absolute Gasteiger partial charge is 0.454 e. The van der Waals surface area contributed by atoms with Crippen LogP contribution in [-0.4, -0.2) is 12.7 Å². The highest BCUT2D eigenvalue weighted by Crippen LogP contribution is 2.32. The van der Waals surface area contributed by atoms with E-state index in [4.69, 9.17) is 14.7 Å². The van der Waals surface area contributed by atoms with Gasteiger partial charge in [-0.05, 0) is 35.4 Å². The average molecular weight is 294 g/mol. The molecule has 0 bridgehead atoms. The van der Waals surface area contributed by atoms with Crippen LogP contribution in [0.15, 0.2) is 42.5 Å². The maximum atomic E-state index is 12.2. The van der Waals surface area contributed by atoms with Gasteiger partial charge in [-0.1, -0.05) is 18.2 Å². The first-order valence-corrected chi connectivity index (χ1v) is 6.89. The van der Waals surface area contributed by atoms with E-state index in [2.05, 4.69) is 11.4 Å². The zero-order chi connectivity index (χ0) is 15.4. The van der Waals surface area contributed by atoms with Crippen LogP contribution in [0.25, 0.3) is 0 Å². The number of rotatable bonds is 4. The summed E-state index contributed by atoms with van der Waals surface area (Å²) in [5.74, 6) is 1.25. The highest BCUT2D eigenvalue weighted by atomic mass is 16.7. The minimum atomic E-state index is -0.169. The fourth-order valence-corrected chi connectivity index (χ4v) is 2.25. The summed E-state index contributed by atoms with van der Waals surface area (Å²) in [4.78, 5) is 12.2. The molecule has 0 fully saturated rings. The van der Waals surface area contributed by atoms with Crippen molar-refractivity contribution < 1.29 is 14.3 Å². The van der Waals surface area contributed by atoms with Crippen molar-refractivity contribution in [1.82, 2.24) is 5.32 Å². The van der Waals surface area contributed by atoms with Crippen molar-refractivity contribution in [3.05, 3.63) is 59.2 Å². The number of fused-ring (bicyclic) bond motifs is 1. The first-order valence-electron chi connectivity index (χ1n) is 6.89. The Morgan fingerprint density at radius 2 is 2.00 bits per heavy atom. The molecule has 2 aromatic rings. The molecule has 1 aliphatic heterocycles. The monoisotopic (exact) mass is 294 g/mol. The van der Waals surface area contributed by atoms with Crippen molar-refractivity contribution in [1.29, 1.82) is 5.26 Å². The predicted molar refractivity (Wildman–Crippen MR) is 79.5 cm³/mol. The maximum absolute atomic E-state index is 12.2. The molecule has 1 N–H and O–H groups in total. The van der Waals surface area contributed by atoms with Crippen LogP contribution in [0.1, 0.15) is 21.5 Å². The van der Waals surface area contributed by atoms with Crippen LogP contribution in [-0.2, 0) is 13.0 Å². The van der Waals surface area contributed by atoms with E-state index in [1.165, 1.54) is 0 Å². The second-order valence-electron chi connectivity index (χ2n) is 4.91. The zero-order valence-electron chi connectivity index (χ0n) is 11.8. The normalized spacial score (nSPS) is 11.8. The van der Waals surface area contributed by atoms with Crippen LogP contribution in [0.3, 0.4) is 0 Å². The third-order valence-electron chi connectivity index (χ3n) is 3.36. The summed E-state index contributed by atoms with van der Waals surface area (Å²) in [5, 5.41) is 11.6. The number of nitriles is 1. The third-order valence-corrected chi connectivity index (χ3v) is 3.36. The molecular weight excluding hydrogens is 280 g/mol. The predicted octanol–water partition coefficient (Wildman–Crippen LogP) is 2.41. The van der Waals surface area contributed by atoms with E-state index >= 15 is 0 Å². The SMILES string of the molecule is N#CCc1cccc(C(=O)NCc2ccc3c(c2)OCO3)c1. The molecule has 5 nitrogen and oxygen atoms in total. The van der Waals surface area contributed by atoms with Gasteiger partial charge in [-0.15, -0.1) is 0 Å². The molecule has 0 aliphatic carbocycles. The van der Waals surface area contributed by atoms with Crippen molar-refractivity contribution in [3.8, 4) is 17.6 Å². The fourth-order valence-electron chi connectivity index (χ4n) is 2.25. The molecule has 5 heteroatoms. The highest BCUT2D eigenvalue weighted by Gasteiger charge is 2.13. The number of hydrogen-bond donors (Lipinski definition) is 1. The lowest BCUT2D eigenvalue weighted by Gasteiger charge is -2.07. The second kappa shape index (κ2) is 6.19. The Labute approximate surface area is 128 Å². The molecule has 3 rings (SSSR count). The number of carbonyl (C=O) groups is 1. The van der Waals surface area contributed by atoms with Crippen molar-refractivity contribution in [3.63, 3.8) is 0 Å². The molecule has 110 valence electrons. The van der Waals surface area contributed by atoms with E-state index in [-0.39, 0.29) is 12.7 Å². The number of carbonyl (C=O) groups excluding carboxylic acids is 1. The molecule has 0 spiro atoms. The summed E-state index contributed by atoms with van der Waals surface area (Å²) in [6, 6.07) is 14.7. The van der Waals surface area contributed by atoms with E-state index in [0.717, 1.165) is 16.9 Å². The average Bonchev–Trinajstić information content (AvgIpc) is 3.01. The first kappa shape index (κ1) is 14.0. The number of nitrogens with one attached hydrogen (secondary N) is 1. The van der Waals surface area contributed by atoms with Crippen molar-refractivity contribution >= 4 is 5.91 Å². The van der Waals surface area contributed by atoms with E-state index in [1.807, 2.05) is 24.3 Å². The molecule has 0 radical (unpaired) electrons. The van der Waals surface area contributed by atoms with Gasteiger partial charge in [0.2, 0.25) is 6.79 Å². The van der Waals surface area contributed by atoms with Crippen LogP contribution in [0, 0.1) is 11.3 Å². The zero-order valence-corrected chi connectivity index (χ0v) is 11.8. The Bertz CT molecular complexity index is 750. The summed E-state index contributed by atoms with van der Waals surface area (Å²) < 4.78 is 10.6. The Balaban J connectivity index is 1.65. The molecule has 0 aromatic heterocycles. The van der Waals surface area contributed by atoms with Gasteiger partial charge >= 0.3 is 0 Å². The van der Waals surface area contributed by atoms with E-state index in [0.29, 0.717) is 24.3 Å². The minimum Gasteiger partial charge on any atom is -0.454 e. The smallest absolute Gasteiger partial charge is 0.251 e. The maximum Gasteiger partial charge on any atom is 0.251 e. The van der Waals surface area contributed by atoms with Gasteiger partial charge in [-0.2, -0.15) is 5.26 Å². The van der Waals surface area contributed by atoms with E-state index in [1.54, 1.807) is 18.2 Å². The summed E-state index contributed by atoms with van der Waals surface area (Å²) in [7, 11) is 0. The number of benzene rings is 2. The van der Waals surface area contributed by atoms with Crippen molar-refractivity contribution in [2.45, 2.75) is 13.0 Å². The summed E-state index contributed by atoms with van der Waals surface area (Å²) >= 11 is 0. The summed E-state index contributed by atoms with van der Waals surface area (Å²) in [6.45, 7) is 0.634. The van der Waals surface area contributed by atoms with Gasteiger partial charge < -0.3 is 14.8 Å². The minimum absolute atomic E-state index is 0.169. The molecule has 0 unspecified atom stereocenters. The van der Waals surface area contributed by atoms with Gasteiger partial charge in [0.15, 0.2) is 11.5 Å². The van der Waals surface area contributed by atoms with Gasteiger partial charge in [0.05, 0.1) is 12.5 Å². The van der Waals surface area contributed by atoms with Crippen LogP contribution in [0.4, 0.5) is 0 Å². The van der Waals surface area contributed by atoms with Gasteiger partial charge in [-0.3, -0.25) is 4.79 Å². The van der Waals surface area contributed by atoms with Gasteiger partial charge in [0, 0.05) is 12.1 Å². The van der Waals surface area contributed by atoms with Crippen molar-refractivity contribution in [2.75, 3.05) is 6.79 Å². The molecule has 22 heavy (non-hydrogen) atoms. The van der Waals surface area contributed by atoms with Gasteiger partial charge in [0.1, 0.15) is 0 Å². The van der Waals surface area contributed by atoms with Gasteiger partial charge in [-0.25, -0.2) is 0 Å². The lowest BCUT2D eigenvalue weighted by atomic mass is 10.1. The lowest BCUT2D eigenvalue weighted by molar-refractivity contribution is 0.0950. The van der Waals surface area contributed by atoms with Crippen LogP contribution in [0.2, 0.25) is 0 Å².